The summed E-state index contributed by atoms with van der Waals surface area (Å²) in [5.41, 5.74) is 3.94. The highest BCUT2D eigenvalue weighted by atomic mass is 32.2. The van der Waals surface area contributed by atoms with Crippen LogP contribution in [0.5, 0.6) is 0 Å². The first-order valence-electron chi connectivity index (χ1n) is 9.53. The Labute approximate surface area is 174 Å². The van der Waals surface area contributed by atoms with Crippen LogP contribution in [0.2, 0.25) is 0 Å². The summed E-state index contributed by atoms with van der Waals surface area (Å²) in [5.74, 6) is 0. The number of aryl methyl sites for hydroxylation is 5. The maximum Gasteiger partial charge on any atom is 0.406 e. The summed E-state index contributed by atoms with van der Waals surface area (Å²) in [6, 6.07) is 8.31. The smallest absolute Gasteiger partial charge is 0.343 e. The van der Waals surface area contributed by atoms with Crippen LogP contribution in [0.4, 0.5) is 13.2 Å². The Morgan fingerprint density at radius 1 is 0.933 bits per heavy atom. The molecule has 0 radical (unpaired) electrons. The lowest BCUT2D eigenvalue weighted by Gasteiger charge is -2.24. The molecule has 0 fully saturated rings. The van der Waals surface area contributed by atoms with Gasteiger partial charge in [-0.25, -0.2) is 8.42 Å². The monoisotopic (exact) mass is 438 g/mol. The van der Waals surface area contributed by atoms with Crippen molar-refractivity contribution in [2.75, 3.05) is 0 Å². The van der Waals surface area contributed by atoms with E-state index >= 15 is 0 Å². The summed E-state index contributed by atoms with van der Waals surface area (Å²) in [6.07, 6.45) is -4.76. The van der Waals surface area contributed by atoms with Gasteiger partial charge in [0.2, 0.25) is 10.0 Å². The highest BCUT2D eigenvalue weighted by molar-refractivity contribution is 7.89. The summed E-state index contributed by atoms with van der Waals surface area (Å²) in [6.45, 7) is 8.05. The van der Waals surface area contributed by atoms with E-state index in [1.807, 2.05) is 30.7 Å². The second kappa shape index (κ2) is 7.74. The maximum absolute atomic E-state index is 13.9. The Morgan fingerprint density at radius 3 is 2.10 bits per heavy atom. The fourth-order valence-electron chi connectivity index (χ4n) is 4.00. The average Bonchev–Trinajstić information content (AvgIpc) is 2.86. The normalized spacial score (nSPS) is 13.7. The molecule has 8 heteroatoms. The van der Waals surface area contributed by atoms with Crippen LogP contribution < -0.4 is 4.72 Å². The van der Waals surface area contributed by atoms with E-state index in [0.717, 1.165) is 16.5 Å². The molecular formula is C22H25F3N2O2S. The topological polar surface area (TPSA) is 51.1 Å². The zero-order valence-corrected chi connectivity index (χ0v) is 18.4. The second-order valence-corrected chi connectivity index (χ2v) is 9.55. The van der Waals surface area contributed by atoms with Crippen molar-refractivity contribution in [1.82, 2.24) is 9.29 Å². The van der Waals surface area contributed by atoms with Gasteiger partial charge in [-0.3, -0.25) is 0 Å². The molecule has 162 valence electrons. The molecule has 0 amide bonds. The van der Waals surface area contributed by atoms with E-state index in [2.05, 4.69) is 0 Å². The summed E-state index contributed by atoms with van der Waals surface area (Å²) >= 11 is 0. The molecule has 1 unspecified atom stereocenters. The number of hydrogen-bond donors (Lipinski definition) is 1. The molecule has 1 atom stereocenters. The van der Waals surface area contributed by atoms with E-state index in [4.69, 9.17) is 0 Å². The average molecular weight is 439 g/mol. The molecule has 1 aromatic heterocycles. The van der Waals surface area contributed by atoms with Gasteiger partial charge in [0.05, 0.1) is 4.90 Å². The first-order chi connectivity index (χ1) is 13.8. The molecule has 0 aliphatic heterocycles. The van der Waals surface area contributed by atoms with Crippen LogP contribution in [-0.2, 0) is 16.6 Å². The van der Waals surface area contributed by atoms with Crippen LogP contribution >= 0.6 is 0 Å². The quantitative estimate of drug-likeness (QED) is 0.603. The number of halogens is 3. The summed E-state index contributed by atoms with van der Waals surface area (Å²) in [7, 11) is -4.38. The van der Waals surface area contributed by atoms with Gasteiger partial charge in [0.15, 0.2) is 0 Å². The van der Waals surface area contributed by atoms with Crippen molar-refractivity contribution in [3.63, 3.8) is 0 Å². The van der Waals surface area contributed by atoms with Gasteiger partial charge >= 0.3 is 6.18 Å². The minimum absolute atomic E-state index is 0.105. The number of nitrogens with one attached hydrogen (secondary N) is 1. The van der Waals surface area contributed by atoms with Crippen LogP contribution in [0.3, 0.4) is 0 Å². The summed E-state index contributed by atoms with van der Waals surface area (Å²) < 4.78 is 70.9. The van der Waals surface area contributed by atoms with Crippen molar-refractivity contribution in [3.8, 4) is 0 Å². The lowest BCUT2D eigenvalue weighted by atomic mass is 10.1. The summed E-state index contributed by atoms with van der Waals surface area (Å²) in [5, 5.41) is 0.821. The van der Waals surface area contributed by atoms with E-state index in [9.17, 15) is 21.6 Å². The standard InChI is InChI=1S/C22H25F3N2O2S/c1-13-6-7-19-18(10-13)11-17(5)27(19)12-20(22(23,24)25)26-30(28,29)21-15(3)8-14(2)9-16(21)4/h6-11,20,26H,12H2,1-5H3. The molecule has 0 saturated heterocycles. The predicted octanol–water partition coefficient (Wildman–Crippen LogP) is 5.09. The molecule has 3 aromatic rings. The number of benzene rings is 2. The number of sulfonamides is 1. The Bertz CT molecular complexity index is 1190. The van der Waals surface area contributed by atoms with Crippen molar-refractivity contribution in [1.29, 1.82) is 0 Å². The van der Waals surface area contributed by atoms with Crippen molar-refractivity contribution < 1.29 is 21.6 Å². The van der Waals surface area contributed by atoms with E-state index in [1.54, 1.807) is 45.0 Å². The SMILES string of the molecule is Cc1cc(C)c(S(=O)(=O)NC(Cn2c(C)cc3cc(C)ccc32)C(F)(F)F)c(C)c1. The van der Waals surface area contributed by atoms with E-state index in [1.165, 1.54) is 4.57 Å². The van der Waals surface area contributed by atoms with Gasteiger partial charge in [-0.2, -0.15) is 17.9 Å². The molecule has 0 aliphatic rings. The molecule has 30 heavy (non-hydrogen) atoms. The van der Waals surface area contributed by atoms with Crippen molar-refractivity contribution in [2.45, 2.75) is 58.3 Å². The highest BCUT2D eigenvalue weighted by Gasteiger charge is 2.43. The third-order valence-electron chi connectivity index (χ3n) is 5.20. The number of alkyl halides is 3. The van der Waals surface area contributed by atoms with Crippen molar-refractivity contribution in [2.24, 2.45) is 0 Å². The second-order valence-electron chi connectivity index (χ2n) is 7.90. The lowest BCUT2D eigenvalue weighted by molar-refractivity contribution is -0.154. The molecule has 0 aliphatic carbocycles. The molecule has 0 spiro atoms. The molecule has 2 aromatic carbocycles. The van der Waals surface area contributed by atoms with Crippen LogP contribution in [0.1, 0.15) is 27.9 Å². The van der Waals surface area contributed by atoms with Crippen molar-refractivity contribution in [3.05, 3.63) is 64.3 Å². The van der Waals surface area contributed by atoms with Crippen molar-refractivity contribution >= 4 is 20.9 Å². The number of rotatable bonds is 5. The largest absolute Gasteiger partial charge is 0.406 e. The van der Waals surface area contributed by atoms with Gasteiger partial charge in [0.25, 0.3) is 0 Å². The van der Waals surface area contributed by atoms with E-state index in [-0.39, 0.29) is 4.90 Å². The Morgan fingerprint density at radius 2 is 1.53 bits per heavy atom. The summed E-state index contributed by atoms with van der Waals surface area (Å²) in [4.78, 5) is -0.105. The molecule has 0 bridgehead atoms. The van der Waals surface area contributed by atoms with Gasteiger partial charge in [0, 0.05) is 23.1 Å². The predicted molar refractivity (Wildman–Crippen MR) is 112 cm³/mol. The highest BCUT2D eigenvalue weighted by Crippen LogP contribution is 2.29. The van der Waals surface area contributed by atoms with Gasteiger partial charge in [-0.15, -0.1) is 0 Å². The Balaban J connectivity index is 2.02. The first-order valence-corrected chi connectivity index (χ1v) is 11.0. The maximum atomic E-state index is 13.9. The number of nitrogens with zero attached hydrogens (tertiary/aromatic N) is 1. The minimum atomic E-state index is -4.76. The van der Waals surface area contributed by atoms with Crippen LogP contribution in [0.15, 0.2) is 41.3 Å². The van der Waals surface area contributed by atoms with Crippen LogP contribution in [0.25, 0.3) is 10.9 Å². The third-order valence-corrected chi connectivity index (χ3v) is 6.97. The molecule has 1 N–H and O–H groups in total. The minimum Gasteiger partial charge on any atom is -0.343 e. The van der Waals surface area contributed by atoms with Crippen LogP contribution in [-0.4, -0.2) is 25.2 Å². The number of fused-ring (bicyclic) bond motifs is 1. The fourth-order valence-corrected chi connectivity index (χ4v) is 5.66. The number of aromatic nitrogens is 1. The van der Waals surface area contributed by atoms with Gasteiger partial charge in [-0.05, 0) is 63.9 Å². The van der Waals surface area contributed by atoms with Gasteiger partial charge in [-0.1, -0.05) is 29.3 Å². The molecule has 3 rings (SSSR count). The zero-order chi connectivity index (χ0) is 22.4. The Hall–Kier alpha value is -2.32. The lowest BCUT2D eigenvalue weighted by Crippen LogP contribution is -2.48. The van der Waals surface area contributed by atoms with E-state index < -0.39 is 28.8 Å². The zero-order valence-electron chi connectivity index (χ0n) is 17.6. The van der Waals surface area contributed by atoms with Gasteiger partial charge in [0.1, 0.15) is 6.04 Å². The molecular weight excluding hydrogens is 413 g/mol. The number of hydrogen-bond acceptors (Lipinski definition) is 2. The van der Waals surface area contributed by atoms with Crippen LogP contribution in [0, 0.1) is 34.6 Å². The van der Waals surface area contributed by atoms with Gasteiger partial charge < -0.3 is 4.57 Å². The molecule has 4 nitrogen and oxygen atoms in total. The first kappa shape index (κ1) is 22.4. The third kappa shape index (κ3) is 4.39. The van der Waals surface area contributed by atoms with E-state index in [0.29, 0.717) is 22.3 Å². The fraction of sp³-hybridized carbons (Fsp3) is 0.364. The Kier molecular flexibility index (Phi) is 5.77. The molecule has 0 saturated carbocycles. The molecule has 1 heterocycles.